The van der Waals surface area contributed by atoms with Crippen molar-refractivity contribution < 1.29 is 19.2 Å². The number of hydroxylamine groups is 2. The third kappa shape index (κ3) is 3.95. The highest BCUT2D eigenvalue weighted by atomic mass is 33.1. The van der Waals surface area contributed by atoms with Crippen LogP contribution in [0, 0.1) is 0 Å². The summed E-state index contributed by atoms with van der Waals surface area (Å²) in [5.74, 6) is -1.72. The van der Waals surface area contributed by atoms with E-state index in [9.17, 15) is 14.4 Å². The number of nitrogens with zero attached hydrogens (tertiary/aromatic N) is 2. The van der Waals surface area contributed by atoms with Gasteiger partial charge in [-0.1, -0.05) is 22.9 Å². The normalized spacial score (nSPS) is 14.1. The van der Waals surface area contributed by atoms with Crippen molar-refractivity contribution in [2.75, 3.05) is 0 Å². The average Bonchev–Trinajstić information content (AvgIpc) is 2.93. The van der Waals surface area contributed by atoms with Crippen LogP contribution in [0.15, 0.2) is 58.6 Å². The zero-order valence-electron chi connectivity index (χ0n) is 12.4. The molecule has 0 saturated carbocycles. The molecule has 1 saturated heterocycles. The van der Waals surface area contributed by atoms with E-state index < -0.39 is 17.8 Å². The Morgan fingerprint density at radius 3 is 2.54 bits per heavy atom. The van der Waals surface area contributed by atoms with E-state index in [0.29, 0.717) is 5.06 Å². The summed E-state index contributed by atoms with van der Waals surface area (Å²) in [5.41, 5.74) is 0.272. The molecule has 1 aromatic heterocycles. The van der Waals surface area contributed by atoms with Crippen molar-refractivity contribution >= 4 is 39.4 Å². The lowest BCUT2D eigenvalue weighted by molar-refractivity contribution is -0.172. The van der Waals surface area contributed by atoms with Crippen molar-refractivity contribution in [2.24, 2.45) is 0 Å². The van der Waals surface area contributed by atoms with Gasteiger partial charge in [0.25, 0.3) is 11.8 Å². The van der Waals surface area contributed by atoms with E-state index in [-0.39, 0.29) is 18.4 Å². The Kier molecular flexibility index (Phi) is 5.17. The van der Waals surface area contributed by atoms with E-state index in [4.69, 9.17) is 4.84 Å². The van der Waals surface area contributed by atoms with Crippen LogP contribution in [0.1, 0.15) is 23.2 Å². The predicted molar refractivity (Wildman–Crippen MR) is 88.9 cm³/mol. The van der Waals surface area contributed by atoms with Crippen LogP contribution in [0.25, 0.3) is 0 Å². The molecule has 1 aliphatic heterocycles. The third-order valence-electron chi connectivity index (χ3n) is 3.11. The minimum Gasteiger partial charge on any atom is -0.325 e. The van der Waals surface area contributed by atoms with Gasteiger partial charge < -0.3 is 4.84 Å². The van der Waals surface area contributed by atoms with Gasteiger partial charge in [0.2, 0.25) is 0 Å². The maximum Gasteiger partial charge on any atom is 0.363 e. The lowest BCUT2D eigenvalue weighted by Gasteiger charge is -2.12. The molecular formula is C16H12N2O4S2. The Labute approximate surface area is 145 Å². The number of rotatable bonds is 5. The summed E-state index contributed by atoms with van der Waals surface area (Å²) in [4.78, 5) is 45.0. The molecule has 1 fully saturated rings. The molecule has 2 heterocycles. The molecule has 122 valence electrons. The summed E-state index contributed by atoms with van der Waals surface area (Å²) in [5, 5.41) is 1.40. The molecular weight excluding hydrogens is 348 g/mol. The number of carbonyl (C=O) groups is 3. The minimum absolute atomic E-state index is 0.0721. The molecule has 1 aromatic carbocycles. The van der Waals surface area contributed by atoms with Crippen molar-refractivity contribution in [2.45, 2.75) is 22.8 Å². The molecule has 0 aliphatic carbocycles. The number of pyridine rings is 1. The highest BCUT2D eigenvalue weighted by Crippen LogP contribution is 2.36. The lowest BCUT2D eigenvalue weighted by Crippen LogP contribution is -2.32. The maximum atomic E-state index is 12.1. The Morgan fingerprint density at radius 2 is 1.83 bits per heavy atom. The molecule has 0 N–H and O–H groups in total. The smallest absolute Gasteiger partial charge is 0.325 e. The number of aromatic nitrogens is 1. The Balaban J connectivity index is 1.65. The standard InChI is InChI=1S/C16H12N2O4S2/c19-14-7-8-15(20)18(14)22-16(21)11-4-3-5-12(10-11)23-24-13-6-1-2-9-17-13/h1-6,9-10H,7-8H2. The van der Waals surface area contributed by atoms with Gasteiger partial charge in [-0.15, -0.1) is 5.06 Å². The van der Waals surface area contributed by atoms with Crippen LogP contribution in [-0.4, -0.2) is 27.8 Å². The summed E-state index contributed by atoms with van der Waals surface area (Å²) >= 11 is 0. The summed E-state index contributed by atoms with van der Waals surface area (Å²) < 4.78 is 0. The molecule has 24 heavy (non-hydrogen) atoms. The molecule has 3 rings (SSSR count). The monoisotopic (exact) mass is 360 g/mol. The molecule has 2 aromatic rings. The van der Waals surface area contributed by atoms with E-state index in [0.717, 1.165) is 9.92 Å². The number of hydrogen-bond acceptors (Lipinski definition) is 7. The van der Waals surface area contributed by atoms with Crippen molar-refractivity contribution in [3.8, 4) is 0 Å². The molecule has 2 amide bonds. The molecule has 0 bridgehead atoms. The highest BCUT2D eigenvalue weighted by Gasteiger charge is 2.33. The summed E-state index contributed by atoms with van der Waals surface area (Å²) in [7, 11) is 2.91. The van der Waals surface area contributed by atoms with Crippen molar-refractivity contribution in [1.82, 2.24) is 10.0 Å². The second-order valence-corrected chi connectivity index (χ2v) is 7.05. The molecule has 1 aliphatic rings. The largest absolute Gasteiger partial charge is 0.363 e. The fourth-order valence-electron chi connectivity index (χ4n) is 1.96. The van der Waals surface area contributed by atoms with Crippen LogP contribution in [-0.2, 0) is 14.4 Å². The van der Waals surface area contributed by atoms with Crippen molar-refractivity contribution in [1.29, 1.82) is 0 Å². The van der Waals surface area contributed by atoms with E-state index in [1.54, 1.807) is 24.4 Å². The number of benzene rings is 1. The molecule has 0 unspecified atom stereocenters. The first-order valence-electron chi connectivity index (χ1n) is 7.07. The van der Waals surface area contributed by atoms with Crippen LogP contribution in [0.3, 0.4) is 0 Å². The molecule has 8 heteroatoms. The highest BCUT2D eigenvalue weighted by molar-refractivity contribution is 8.76. The number of hydrogen-bond donors (Lipinski definition) is 0. The maximum absolute atomic E-state index is 12.1. The van der Waals surface area contributed by atoms with Gasteiger partial charge in [-0.25, -0.2) is 9.78 Å². The summed E-state index contributed by atoms with van der Waals surface area (Å²) in [6.45, 7) is 0. The topological polar surface area (TPSA) is 76.6 Å². The zero-order valence-corrected chi connectivity index (χ0v) is 14.0. The Hall–Kier alpha value is -2.32. The molecule has 0 spiro atoms. The number of amides is 2. The summed E-state index contributed by atoms with van der Waals surface area (Å²) in [6.07, 6.45) is 1.85. The van der Waals surface area contributed by atoms with Gasteiger partial charge >= 0.3 is 5.97 Å². The van der Waals surface area contributed by atoms with E-state index in [1.807, 2.05) is 24.3 Å². The molecule has 0 radical (unpaired) electrons. The van der Waals surface area contributed by atoms with Crippen LogP contribution in [0.4, 0.5) is 0 Å². The Morgan fingerprint density at radius 1 is 1.04 bits per heavy atom. The third-order valence-corrected chi connectivity index (χ3v) is 5.39. The van der Waals surface area contributed by atoms with Gasteiger partial charge in [-0.05, 0) is 41.1 Å². The molecule has 0 atom stereocenters. The average molecular weight is 360 g/mol. The predicted octanol–water partition coefficient (Wildman–Crippen LogP) is 3.10. The zero-order chi connectivity index (χ0) is 16.9. The SMILES string of the molecule is O=C(ON1C(=O)CCC1=O)c1cccc(SSc2ccccn2)c1. The van der Waals surface area contributed by atoms with Gasteiger partial charge in [-0.3, -0.25) is 9.59 Å². The minimum atomic E-state index is -0.733. The fraction of sp³-hybridized carbons (Fsp3) is 0.125. The van der Waals surface area contributed by atoms with Crippen LogP contribution in [0.2, 0.25) is 0 Å². The van der Waals surface area contributed by atoms with Gasteiger partial charge in [0.15, 0.2) is 0 Å². The fourth-order valence-corrected chi connectivity index (χ4v) is 3.84. The van der Waals surface area contributed by atoms with Crippen LogP contribution >= 0.6 is 21.6 Å². The van der Waals surface area contributed by atoms with Crippen LogP contribution < -0.4 is 0 Å². The second-order valence-electron chi connectivity index (χ2n) is 4.82. The van der Waals surface area contributed by atoms with E-state index in [2.05, 4.69) is 4.98 Å². The van der Waals surface area contributed by atoms with E-state index in [1.165, 1.54) is 21.6 Å². The van der Waals surface area contributed by atoms with Crippen molar-refractivity contribution in [3.05, 3.63) is 54.2 Å². The quantitative estimate of drug-likeness (QED) is 0.599. The molecule has 6 nitrogen and oxygen atoms in total. The number of carbonyl (C=O) groups excluding carboxylic acids is 3. The van der Waals surface area contributed by atoms with Crippen LogP contribution in [0.5, 0.6) is 0 Å². The van der Waals surface area contributed by atoms with Gasteiger partial charge in [0, 0.05) is 23.9 Å². The van der Waals surface area contributed by atoms with Crippen molar-refractivity contribution in [3.63, 3.8) is 0 Å². The van der Waals surface area contributed by atoms with Gasteiger partial charge in [0.05, 0.1) is 5.56 Å². The Bertz CT molecular complexity index is 767. The van der Waals surface area contributed by atoms with Gasteiger partial charge in [-0.2, -0.15) is 0 Å². The van der Waals surface area contributed by atoms with Gasteiger partial charge in [0.1, 0.15) is 5.03 Å². The lowest BCUT2D eigenvalue weighted by atomic mass is 10.2. The van der Waals surface area contributed by atoms with E-state index >= 15 is 0 Å². The number of imide groups is 1. The summed E-state index contributed by atoms with van der Waals surface area (Å²) in [6, 6.07) is 12.4. The second kappa shape index (κ2) is 7.50. The first kappa shape index (κ1) is 16.5. The first-order chi connectivity index (χ1) is 11.6. The first-order valence-corrected chi connectivity index (χ1v) is 9.22.